The van der Waals surface area contributed by atoms with Crippen LogP contribution in [0.4, 0.5) is 4.39 Å². The van der Waals surface area contributed by atoms with Gasteiger partial charge in [0.2, 0.25) is 0 Å². The molecule has 1 unspecified atom stereocenters. The number of nitrogens with zero attached hydrogens (tertiary/aromatic N) is 1. The van der Waals surface area contributed by atoms with E-state index in [2.05, 4.69) is 35.8 Å². The van der Waals surface area contributed by atoms with Crippen LogP contribution in [-0.4, -0.2) is 52.2 Å². The molecule has 6 nitrogen and oxygen atoms in total. The fourth-order valence-corrected chi connectivity index (χ4v) is 5.50. The molecule has 3 N–H and O–H groups in total. The first-order valence-corrected chi connectivity index (χ1v) is 13.0. The molecule has 2 amide bonds. The molecule has 190 valence electrons. The van der Waals surface area contributed by atoms with E-state index in [1.54, 1.807) is 23.5 Å². The number of thiophene rings is 1. The fraction of sp³-hybridized carbons (Fsp3) is 0.357. The Morgan fingerprint density at radius 2 is 1.89 bits per heavy atom. The lowest BCUT2D eigenvalue weighted by Gasteiger charge is -2.28. The molecule has 4 rings (SSSR count). The molecule has 2 aromatic carbocycles. The Morgan fingerprint density at radius 3 is 2.64 bits per heavy atom. The maximum Gasteiger partial charge on any atom is 0.255 e. The van der Waals surface area contributed by atoms with Gasteiger partial charge in [-0.1, -0.05) is 36.4 Å². The van der Waals surface area contributed by atoms with Gasteiger partial charge >= 0.3 is 0 Å². The largest absolute Gasteiger partial charge is 0.380 e. The normalized spacial score (nSPS) is 17.1. The number of hydrogen-bond donors (Lipinski definition) is 3. The second-order valence-corrected chi connectivity index (χ2v) is 10.2. The second kappa shape index (κ2) is 11.8. The number of carbonyl (C=O) groups excluding carboxylic acids is 2. The number of aliphatic hydroxyl groups excluding tert-OH is 2. The van der Waals surface area contributed by atoms with Crippen molar-refractivity contribution < 1.29 is 24.2 Å². The highest BCUT2D eigenvalue weighted by Gasteiger charge is 2.38. The summed E-state index contributed by atoms with van der Waals surface area (Å²) in [5, 5.41) is 25.5. The van der Waals surface area contributed by atoms with Crippen molar-refractivity contribution in [3.8, 4) is 0 Å². The highest BCUT2D eigenvalue weighted by Crippen LogP contribution is 2.32. The summed E-state index contributed by atoms with van der Waals surface area (Å²) in [5.74, 6) is -1.86. The molecule has 1 saturated heterocycles. The van der Waals surface area contributed by atoms with Crippen molar-refractivity contribution in [2.75, 3.05) is 13.1 Å². The van der Waals surface area contributed by atoms with Crippen LogP contribution >= 0.6 is 11.3 Å². The molecule has 0 bridgehead atoms. The predicted molar refractivity (Wildman–Crippen MR) is 137 cm³/mol. The summed E-state index contributed by atoms with van der Waals surface area (Å²) >= 11 is 1.61. The number of nitrogens with one attached hydrogen (secondary N) is 1. The Morgan fingerprint density at radius 1 is 1.14 bits per heavy atom. The Balaban J connectivity index is 1.27. The summed E-state index contributed by atoms with van der Waals surface area (Å²) < 4.78 is 13.3. The van der Waals surface area contributed by atoms with Crippen LogP contribution in [0.3, 0.4) is 0 Å². The third-order valence-corrected chi connectivity index (χ3v) is 7.69. The number of aryl methyl sites for hydroxylation is 1. The fourth-order valence-electron chi connectivity index (χ4n) is 4.60. The van der Waals surface area contributed by atoms with Crippen molar-refractivity contribution in [2.24, 2.45) is 0 Å². The lowest BCUT2D eigenvalue weighted by molar-refractivity contribution is -0.153. The summed E-state index contributed by atoms with van der Waals surface area (Å²) in [4.78, 5) is 27.9. The second-order valence-electron chi connectivity index (χ2n) is 9.20. The number of aliphatic hydroxyl groups is 2. The van der Waals surface area contributed by atoms with Gasteiger partial charge in [-0.15, -0.1) is 11.3 Å². The minimum Gasteiger partial charge on any atom is -0.380 e. The number of carbonyl (C=O) groups is 2. The number of benzene rings is 2. The molecule has 2 heterocycles. The van der Waals surface area contributed by atoms with Gasteiger partial charge < -0.3 is 20.4 Å². The molecule has 0 saturated carbocycles. The van der Waals surface area contributed by atoms with Crippen LogP contribution in [-0.2, 0) is 22.4 Å². The van der Waals surface area contributed by atoms with E-state index in [9.17, 15) is 24.2 Å². The molecule has 1 fully saturated rings. The van der Waals surface area contributed by atoms with Crippen molar-refractivity contribution in [3.05, 3.63) is 92.9 Å². The summed E-state index contributed by atoms with van der Waals surface area (Å²) in [6.07, 6.45) is -0.924. The molecule has 3 atom stereocenters. The molecule has 1 aliphatic heterocycles. The lowest BCUT2D eigenvalue weighted by Crippen LogP contribution is -2.50. The number of halogens is 1. The maximum absolute atomic E-state index is 13.3. The standard InChI is InChI=1S/C28H31FN2O4S/c1-18-5-2-3-6-21(18)15-19-16-23(36-17-19)12-13-30-27(34)25(32)26(33)28(35)31-14-4-7-24(31)20-8-10-22(29)11-9-20/h2-3,5-6,8-11,16-17,24-26,32-33H,4,7,12-15H2,1H3,(H,30,34)/t24?,25-,26-/m1/s1. The van der Waals surface area contributed by atoms with Crippen LogP contribution in [0.15, 0.2) is 60.0 Å². The van der Waals surface area contributed by atoms with Gasteiger partial charge in [0.1, 0.15) is 5.82 Å². The van der Waals surface area contributed by atoms with Crippen LogP contribution in [0.25, 0.3) is 0 Å². The van der Waals surface area contributed by atoms with E-state index in [1.807, 2.05) is 12.1 Å². The highest BCUT2D eigenvalue weighted by molar-refractivity contribution is 7.10. The first kappa shape index (κ1) is 26.0. The third kappa shape index (κ3) is 6.19. The molecule has 0 aliphatic carbocycles. The van der Waals surface area contributed by atoms with Crippen molar-refractivity contribution in [1.29, 1.82) is 0 Å². The van der Waals surface area contributed by atoms with E-state index in [1.165, 1.54) is 33.7 Å². The smallest absolute Gasteiger partial charge is 0.255 e. The van der Waals surface area contributed by atoms with Gasteiger partial charge in [-0.2, -0.15) is 0 Å². The van der Waals surface area contributed by atoms with E-state index in [4.69, 9.17) is 0 Å². The predicted octanol–water partition coefficient (Wildman–Crippen LogP) is 3.53. The third-order valence-electron chi connectivity index (χ3n) is 6.65. The van der Waals surface area contributed by atoms with Crippen LogP contribution in [0.5, 0.6) is 0 Å². The van der Waals surface area contributed by atoms with Gasteiger partial charge in [0, 0.05) is 18.0 Å². The van der Waals surface area contributed by atoms with E-state index in [-0.39, 0.29) is 18.4 Å². The van der Waals surface area contributed by atoms with Crippen LogP contribution in [0, 0.1) is 12.7 Å². The van der Waals surface area contributed by atoms with Crippen molar-refractivity contribution in [3.63, 3.8) is 0 Å². The van der Waals surface area contributed by atoms with Gasteiger partial charge in [0.05, 0.1) is 6.04 Å². The number of rotatable bonds is 9. The molecule has 1 aliphatic rings. The average molecular weight is 511 g/mol. The molecular formula is C28H31FN2O4S. The minimum atomic E-state index is -1.87. The first-order chi connectivity index (χ1) is 17.3. The van der Waals surface area contributed by atoms with E-state index < -0.39 is 24.0 Å². The van der Waals surface area contributed by atoms with Crippen molar-refractivity contribution in [1.82, 2.24) is 10.2 Å². The van der Waals surface area contributed by atoms with Crippen molar-refractivity contribution in [2.45, 2.75) is 50.9 Å². The van der Waals surface area contributed by atoms with E-state index in [0.29, 0.717) is 19.4 Å². The average Bonchev–Trinajstić information content (AvgIpc) is 3.54. The summed E-state index contributed by atoms with van der Waals surface area (Å²) in [6, 6.07) is 15.9. The van der Waals surface area contributed by atoms with Crippen LogP contribution in [0.2, 0.25) is 0 Å². The van der Waals surface area contributed by atoms with Gasteiger partial charge in [0.25, 0.3) is 11.8 Å². The summed E-state index contributed by atoms with van der Waals surface area (Å²) in [7, 11) is 0. The van der Waals surface area contributed by atoms with Crippen LogP contribution in [0.1, 0.15) is 46.0 Å². The number of amides is 2. The van der Waals surface area contributed by atoms with Crippen molar-refractivity contribution >= 4 is 23.2 Å². The SMILES string of the molecule is Cc1ccccc1Cc1csc(CCNC(=O)[C@H](O)[C@@H](O)C(=O)N2CCCC2c2ccc(F)cc2)c1. The molecule has 0 radical (unpaired) electrons. The topological polar surface area (TPSA) is 89.9 Å². The molecular weight excluding hydrogens is 479 g/mol. The highest BCUT2D eigenvalue weighted by atomic mass is 32.1. The first-order valence-electron chi connectivity index (χ1n) is 12.1. The van der Waals surface area contributed by atoms with Gasteiger partial charge in [0.15, 0.2) is 12.2 Å². The zero-order chi connectivity index (χ0) is 25.7. The van der Waals surface area contributed by atoms with Gasteiger partial charge in [-0.05, 0) is 78.4 Å². The maximum atomic E-state index is 13.3. The molecule has 3 aromatic rings. The molecule has 1 aromatic heterocycles. The molecule has 0 spiro atoms. The van der Waals surface area contributed by atoms with E-state index >= 15 is 0 Å². The van der Waals surface area contributed by atoms with Gasteiger partial charge in [-0.25, -0.2) is 4.39 Å². The zero-order valence-electron chi connectivity index (χ0n) is 20.2. The summed E-state index contributed by atoms with van der Waals surface area (Å²) in [5.41, 5.74) is 4.48. The Hall–Kier alpha value is -3.07. The summed E-state index contributed by atoms with van der Waals surface area (Å²) in [6.45, 7) is 2.77. The van der Waals surface area contributed by atoms with Crippen LogP contribution < -0.4 is 5.32 Å². The monoisotopic (exact) mass is 510 g/mol. The van der Waals surface area contributed by atoms with E-state index in [0.717, 1.165) is 23.3 Å². The Kier molecular flexibility index (Phi) is 8.51. The molecule has 8 heteroatoms. The minimum absolute atomic E-state index is 0.281. The number of hydrogen-bond acceptors (Lipinski definition) is 5. The Labute approximate surface area is 214 Å². The quantitative estimate of drug-likeness (QED) is 0.411. The zero-order valence-corrected chi connectivity index (χ0v) is 21.0. The Bertz CT molecular complexity index is 1200. The lowest BCUT2D eigenvalue weighted by atomic mass is 10.0. The number of likely N-dealkylation sites (tertiary alicyclic amines) is 1. The van der Waals surface area contributed by atoms with Gasteiger partial charge in [-0.3, -0.25) is 9.59 Å². The molecule has 36 heavy (non-hydrogen) atoms.